The van der Waals surface area contributed by atoms with E-state index in [1.807, 2.05) is 18.2 Å². The van der Waals surface area contributed by atoms with Crippen molar-refractivity contribution in [3.63, 3.8) is 0 Å². The summed E-state index contributed by atoms with van der Waals surface area (Å²) >= 11 is 0. The van der Waals surface area contributed by atoms with Crippen LogP contribution in [0.2, 0.25) is 0 Å². The largest absolute Gasteiger partial charge is 0.393 e. The molecule has 17 heavy (non-hydrogen) atoms. The molecule has 1 heterocycles. The number of nitrogens with zero attached hydrogens (tertiary/aromatic N) is 2. The molecule has 2 rings (SSSR count). The number of pyridine rings is 1. The third kappa shape index (κ3) is 3.42. The first-order valence-electron chi connectivity index (χ1n) is 5.92. The molecule has 2 atom stereocenters. The summed E-state index contributed by atoms with van der Waals surface area (Å²) in [4.78, 5) is 8.33. The number of aliphatic imine (C=N–C) groups is 1. The van der Waals surface area contributed by atoms with E-state index in [4.69, 9.17) is 5.73 Å². The number of nitrogens with one attached hydrogen (secondary N) is 1. The van der Waals surface area contributed by atoms with Crippen molar-refractivity contribution in [1.82, 2.24) is 4.98 Å². The maximum atomic E-state index is 9.65. The van der Waals surface area contributed by atoms with E-state index in [0.29, 0.717) is 18.3 Å². The van der Waals surface area contributed by atoms with E-state index in [-0.39, 0.29) is 12.0 Å². The van der Waals surface area contributed by atoms with Crippen molar-refractivity contribution in [3.8, 4) is 0 Å². The highest BCUT2D eigenvalue weighted by atomic mass is 16.3. The van der Waals surface area contributed by atoms with E-state index in [1.165, 1.54) is 0 Å². The quantitative estimate of drug-likeness (QED) is 0.537. The first-order chi connectivity index (χ1) is 8.25. The molecule has 1 aliphatic carbocycles. The number of hydrogen-bond acceptors (Lipinski definition) is 3. The molecule has 4 N–H and O–H groups in total. The van der Waals surface area contributed by atoms with E-state index < -0.39 is 0 Å². The van der Waals surface area contributed by atoms with Gasteiger partial charge in [0.1, 0.15) is 5.82 Å². The van der Waals surface area contributed by atoms with Crippen LogP contribution in [0.5, 0.6) is 0 Å². The minimum Gasteiger partial charge on any atom is -0.393 e. The van der Waals surface area contributed by atoms with Crippen LogP contribution in [0.1, 0.15) is 19.3 Å². The van der Waals surface area contributed by atoms with E-state index in [9.17, 15) is 5.11 Å². The predicted octanol–water partition coefficient (Wildman–Crippen LogP) is 0.969. The molecule has 1 aromatic heterocycles. The Labute approximate surface area is 101 Å². The van der Waals surface area contributed by atoms with Gasteiger partial charge in [-0.05, 0) is 25.0 Å². The zero-order valence-electron chi connectivity index (χ0n) is 9.71. The second kappa shape index (κ2) is 5.63. The monoisotopic (exact) mass is 234 g/mol. The molecule has 0 spiro atoms. The molecular formula is C12H18N4O. The van der Waals surface area contributed by atoms with Crippen LogP contribution >= 0.6 is 0 Å². The van der Waals surface area contributed by atoms with Crippen LogP contribution in [-0.4, -0.2) is 28.7 Å². The van der Waals surface area contributed by atoms with Crippen molar-refractivity contribution in [2.45, 2.75) is 25.4 Å². The van der Waals surface area contributed by atoms with Crippen molar-refractivity contribution in [2.24, 2.45) is 16.6 Å². The average molecular weight is 234 g/mol. The molecule has 5 nitrogen and oxygen atoms in total. The molecule has 0 aliphatic heterocycles. The summed E-state index contributed by atoms with van der Waals surface area (Å²) in [5.74, 6) is 1.28. The molecular weight excluding hydrogens is 216 g/mol. The third-order valence-corrected chi connectivity index (χ3v) is 3.04. The fourth-order valence-corrected chi connectivity index (χ4v) is 2.05. The van der Waals surface area contributed by atoms with E-state index in [0.717, 1.165) is 19.3 Å². The van der Waals surface area contributed by atoms with Gasteiger partial charge in [-0.2, -0.15) is 0 Å². The van der Waals surface area contributed by atoms with Crippen molar-refractivity contribution in [3.05, 3.63) is 24.4 Å². The fraction of sp³-hybridized carbons (Fsp3) is 0.500. The van der Waals surface area contributed by atoms with Crippen LogP contribution in [0.4, 0.5) is 5.82 Å². The summed E-state index contributed by atoms with van der Waals surface area (Å²) in [6.45, 7) is 0.576. The summed E-state index contributed by atoms with van der Waals surface area (Å²) in [7, 11) is 0. The third-order valence-electron chi connectivity index (χ3n) is 3.04. The van der Waals surface area contributed by atoms with Crippen LogP contribution in [0, 0.1) is 5.92 Å². The zero-order chi connectivity index (χ0) is 12.1. The van der Waals surface area contributed by atoms with Crippen molar-refractivity contribution >= 4 is 11.8 Å². The Balaban J connectivity index is 1.85. The van der Waals surface area contributed by atoms with E-state index >= 15 is 0 Å². The molecule has 0 aromatic carbocycles. The summed E-state index contributed by atoms with van der Waals surface area (Å²) in [6.07, 6.45) is 4.46. The number of anilines is 1. The number of aromatic nitrogens is 1. The van der Waals surface area contributed by atoms with Crippen molar-refractivity contribution < 1.29 is 5.11 Å². The van der Waals surface area contributed by atoms with E-state index in [1.54, 1.807) is 6.20 Å². The zero-order valence-corrected chi connectivity index (χ0v) is 9.71. The lowest BCUT2D eigenvalue weighted by molar-refractivity contribution is 0.137. The van der Waals surface area contributed by atoms with Gasteiger partial charge in [0, 0.05) is 18.7 Å². The summed E-state index contributed by atoms with van der Waals surface area (Å²) in [5, 5.41) is 12.6. The van der Waals surface area contributed by atoms with Crippen LogP contribution < -0.4 is 11.1 Å². The molecule has 1 fully saturated rings. The SMILES string of the molecule is NC(=NCC1CCCC1O)Nc1ccccn1. The highest BCUT2D eigenvalue weighted by Gasteiger charge is 2.24. The Kier molecular flexibility index (Phi) is 3.93. The lowest BCUT2D eigenvalue weighted by Crippen LogP contribution is -2.25. The van der Waals surface area contributed by atoms with Gasteiger partial charge in [0.15, 0.2) is 5.96 Å². The molecule has 92 valence electrons. The molecule has 2 unspecified atom stereocenters. The van der Waals surface area contributed by atoms with Gasteiger partial charge in [0.25, 0.3) is 0 Å². The highest BCUT2D eigenvalue weighted by molar-refractivity contribution is 5.91. The lowest BCUT2D eigenvalue weighted by atomic mass is 10.1. The van der Waals surface area contributed by atoms with Crippen LogP contribution in [0.3, 0.4) is 0 Å². The Hall–Kier alpha value is -1.62. The van der Waals surface area contributed by atoms with Gasteiger partial charge in [-0.15, -0.1) is 0 Å². The summed E-state index contributed by atoms with van der Waals surface area (Å²) in [5.41, 5.74) is 5.75. The summed E-state index contributed by atoms with van der Waals surface area (Å²) < 4.78 is 0. The normalized spacial score (nSPS) is 24.9. The molecule has 0 saturated heterocycles. The predicted molar refractivity (Wildman–Crippen MR) is 67.7 cm³/mol. The number of aliphatic hydroxyl groups excluding tert-OH is 1. The Morgan fingerprint density at radius 1 is 1.53 bits per heavy atom. The number of nitrogens with two attached hydrogens (primary N) is 1. The first-order valence-corrected chi connectivity index (χ1v) is 5.92. The second-order valence-electron chi connectivity index (χ2n) is 4.32. The van der Waals surface area contributed by atoms with Gasteiger partial charge in [-0.25, -0.2) is 4.98 Å². The molecule has 0 amide bonds. The van der Waals surface area contributed by atoms with Crippen LogP contribution in [-0.2, 0) is 0 Å². The van der Waals surface area contributed by atoms with Gasteiger partial charge in [0.05, 0.1) is 6.10 Å². The Morgan fingerprint density at radius 3 is 3.06 bits per heavy atom. The van der Waals surface area contributed by atoms with Gasteiger partial charge in [0.2, 0.25) is 0 Å². The van der Waals surface area contributed by atoms with Gasteiger partial charge >= 0.3 is 0 Å². The molecule has 0 radical (unpaired) electrons. The van der Waals surface area contributed by atoms with Gasteiger partial charge < -0.3 is 16.2 Å². The van der Waals surface area contributed by atoms with Gasteiger partial charge in [-0.1, -0.05) is 12.5 Å². The number of hydrogen-bond donors (Lipinski definition) is 3. The topological polar surface area (TPSA) is 83.5 Å². The van der Waals surface area contributed by atoms with Crippen LogP contribution in [0.15, 0.2) is 29.4 Å². The van der Waals surface area contributed by atoms with Crippen LogP contribution in [0.25, 0.3) is 0 Å². The molecule has 5 heteroatoms. The molecule has 1 saturated carbocycles. The summed E-state index contributed by atoms with van der Waals surface area (Å²) in [6, 6.07) is 5.55. The lowest BCUT2D eigenvalue weighted by Gasteiger charge is -2.11. The second-order valence-corrected chi connectivity index (χ2v) is 4.32. The average Bonchev–Trinajstić information content (AvgIpc) is 2.74. The van der Waals surface area contributed by atoms with E-state index in [2.05, 4.69) is 15.3 Å². The Bertz CT molecular complexity index is 379. The Morgan fingerprint density at radius 2 is 2.41 bits per heavy atom. The minimum atomic E-state index is -0.221. The molecule has 1 aliphatic rings. The number of rotatable bonds is 3. The maximum absolute atomic E-state index is 9.65. The molecule has 1 aromatic rings. The standard InChI is InChI=1S/C12H18N4O/c13-12(16-11-6-1-2-7-14-11)15-8-9-4-3-5-10(9)17/h1-2,6-7,9-10,17H,3-5,8H2,(H3,13,14,15,16). The van der Waals surface area contributed by atoms with Gasteiger partial charge in [-0.3, -0.25) is 4.99 Å². The smallest absolute Gasteiger partial charge is 0.194 e. The highest BCUT2D eigenvalue weighted by Crippen LogP contribution is 2.25. The maximum Gasteiger partial charge on any atom is 0.194 e. The fourth-order valence-electron chi connectivity index (χ4n) is 2.05. The van der Waals surface area contributed by atoms with Crippen molar-refractivity contribution in [2.75, 3.05) is 11.9 Å². The van der Waals surface area contributed by atoms with Crippen molar-refractivity contribution in [1.29, 1.82) is 0 Å². The number of guanidine groups is 1. The number of aliphatic hydroxyl groups is 1. The minimum absolute atomic E-state index is 0.221. The first kappa shape index (κ1) is 11.9. The molecule has 0 bridgehead atoms.